The van der Waals surface area contributed by atoms with Gasteiger partial charge in [0.25, 0.3) is 5.91 Å². The van der Waals surface area contributed by atoms with Crippen molar-refractivity contribution < 1.29 is 13.2 Å². The topological polar surface area (TPSA) is 84.3 Å². The average molecular weight is 410 g/mol. The SMILES string of the molecule is O=C(NCc1ccc(-n2cccn2)cc1)c1ccc(S(=O)(=O)N2CCCC2)cc1. The fourth-order valence-electron chi connectivity index (χ4n) is 3.33. The zero-order chi connectivity index (χ0) is 20.3. The predicted molar refractivity (Wildman–Crippen MR) is 109 cm³/mol. The van der Waals surface area contributed by atoms with Gasteiger partial charge in [-0.1, -0.05) is 12.1 Å². The van der Waals surface area contributed by atoms with Gasteiger partial charge in [-0.05, 0) is 60.9 Å². The van der Waals surface area contributed by atoms with E-state index in [2.05, 4.69) is 10.4 Å². The van der Waals surface area contributed by atoms with E-state index in [0.29, 0.717) is 25.2 Å². The van der Waals surface area contributed by atoms with E-state index in [0.717, 1.165) is 24.1 Å². The molecule has 1 aliphatic rings. The molecule has 0 spiro atoms. The molecular weight excluding hydrogens is 388 g/mol. The molecule has 0 radical (unpaired) electrons. The molecule has 1 saturated heterocycles. The van der Waals surface area contributed by atoms with Gasteiger partial charge in [0.1, 0.15) is 0 Å². The molecule has 7 nitrogen and oxygen atoms in total. The lowest BCUT2D eigenvalue weighted by Gasteiger charge is -2.15. The van der Waals surface area contributed by atoms with E-state index >= 15 is 0 Å². The smallest absolute Gasteiger partial charge is 0.251 e. The molecule has 1 N–H and O–H groups in total. The molecule has 4 rings (SSSR count). The van der Waals surface area contributed by atoms with Gasteiger partial charge in [0.2, 0.25) is 10.0 Å². The number of amides is 1. The summed E-state index contributed by atoms with van der Waals surface area (Å²) in [6, 6.07) is 15.7. The maximum absolute atomic E-state index is 12.6. The molecule has 0 unspecified atom stereocenters. The van der Waals surface area contributed by atoms with Crippen LogP contribution < -0.4 is 5.32 Å². The number of carbonyl (C=O) groups is 1. The summed E-state index contributed by atoms with van der Waals surface area (Å²) in [6.07, 6.45) is 5.37. The third kappa shape index (κ3) is 4.23. The van der Waals surface area contributed by atoms with E-state index in [9.17, 15) is 13.2 Å². The van der Waals surface area contributed by atoms with E-state index in [-0.39, 0.29) is 10.8 Å². The summed E-state index contributed by atoms with van der Waals surface area (Å²) < 4.78 is 28.4. The van der Waals surface area contributed by atoms with Crippen molar-refractivity contribution in [2.24, 2.45) is 0 Å². The van der Waals surface area contributed by atoms with Gasteiger partial charge in [0.05, 0.1) is 10.6 Å². The number of nitrogens with zero attached hydrogens (tertiary/aromatic N) is 3. The van der Waals surface area contributed by atoms with Crippen molar-refractivity contribution >= 4 is 15.9 Å². The van der Waals surface area contributed by atoms with E-state index < -0.39 is 10.0 Å². The number of hydrogen-bond donors (Lipinski definition) is 1. The molecule has 150 valence electrons. The first-order valence-electron chi connectivity index (χ1n) is 9.51. The molecule has 0 bridgehead atoms. The number of carbonyl (C=O) groups excluding carboxylic acids is 1. The number of aromatic nitrogens is 2. The minimum atomic E-state index is -3.46. The second-order valence-corrected chi connectivity index (χ2v) is 8.87. The Labute approximate surface area is 170 Å². The average Bonchev–Trinajstić information content (AvgIpc) is 3.47. The summed E-state index contributed by atoms with van der Waals surface area (Å²) in [7, 11) is -3.46. The van der Waals surface area contributed by atoms with Crippen LogP contribution in [0.3, 0.4) is 0 Å². The first-order valence-corrected chi connectivity index (χ1v) is 11.0. The van der Waals surface area contributed by atoms with Gasteiger partial charge in [0.15, 0.2) is 0 Å². The molecule has 0 aliphatic carbocycles. The van der Waals surface area contributed by atoms with Crippen molar-refractivity contribution in [1.29, 1.82) is 0 Å². The molecule has 2 heterocycles. The zero-order valence-electron chi connectivity index (χ0n) is 15.9. The highest BCUT2D eigenvalue weighted by Gasteiger charge is 2.27. The first-order chi connectivity index (χ1) is 14.0. The van der Waals surface area contributed by atoms with Crippen LogP contribution >= 0.6 is 0 Å². The second-order valence-electron chi connectivity index (χ2n) is 6.94. The minimum Gasteiger partial charge on any atom is -0.348 e. The number of sulfonamides is 1. The van der Waals surface area contributed by atoms with Gasteiger partial charge in [-0.3, -0.25) is 4.79 Å². The number of hydrogen-bond acceptors (Lipinski definition) is 4. The van der Waals surface area contributed by atoms with E-state index in [1.807, 2.05) is 36.5 Å². The minimum absolute atomic E-state index is 0.227. The largest absolute Gasteiger partial charge is 0.348 e. The molecule has 8 heteroatoms. The normalized spacial score (nSPS) is 14.8. The van der Waals surface area contributed by atoms with Gasteiger partial charge in [-0.15, -0.1) is 0 Å². The van der Waals surface area contributed by atoms with Crippen LogP contribution in [0.4, 0.5) is 0 Å². The van der Waals surface area contributed by atoms with E-state index in [1.165, 1.54) is 16.4 Å². The van der Waals surface area contributed by atoms with Crippen LogP contribution in [-0.2, 0) is 16.6 Å². The summed E-state index contributed by atoms with van der Waals surface area (Å²) in [5.41, 5.74) is 2.33. The molecule has 1 aliphatic heterocycles. The van der Waals surface area contributed by atoms with Crippen molar-refractivity contribution in [3.05, 3.63) is 78.1 Å². The van der Waals surface area contributed by atoms with E-state index in [4.69, 9.17) is 0 Å². The number of nitrogens with one attached hydrogen (secondary N) is 1. The third-order valence-electron chi connectivity index (χ3n) is 4.98. The molecular formula is C21H22N4O3S. The second kappa shape index (κ2) is 8.18. The van der Waals surface area contributed by atoms with Crippen LogP contribution in [0.15, 0.2) is 71.9 Å². The first kappa shape index (κ1) is 19.4. The maximum Gasteiger partial charge on any atom is 0.251 e. The number of benzene rings is 2. The lowest BCUT2D eigenvalue weighted by molar-refractivity contribution is 0.0951. The van der Waals surface area contributed by atoms with Crippen molar-refractivity contribution in [3.8, 4) is 5.69 Å². The van der Waals surface area contributed by atoms with Crippen LogP contribution in [0.1, 0.15) is 28.8 Å². The molecule has 2 aromatic carbocycles. The van der Waals surface area contributed by atoms with Crippen LogP contribution in [0.5, 0.6) is 0 Å². The molecule has 1 amide bonds. The Hall–Kier alpha value is -2.97. The fourth-order valence-corrected chi connectivity index (χ4v) is 4.85. The standard InChI is InChI=1S/C21H22N4O3S/c26-21(22-16-17-4-8-19(9-5-17)25-15-3-12-23-25)18-6-10-20(11-7-18)29(27,28)24-13-1-2-14-24/h3-12,15H,1-2,13-14,16H2,(H,22,26). The van der Waals surface area contributed by atoms with Crippen LogP contribution in [-0.4, -0.2) is 41.5 Å². The van der Waals surface area contributed by atoms with Crippen molar-refractivity contribution in [1.82, 2.24) is 19.4 Å². The summed E-state index contributed by atoms with van der Waals surface area (Å²) in [6.45, 7) is 1.50. The highest BCUT2D eigenvalue weighted by atomic mass is 32.2. The fraction of sp³-hybridized carbons (Fsp3) is 0.238. The molecule has 1 fully saturated rings. The van der Waals surface area contributed by atoms with Crippen LogP contribution in [0.25, 0.3) is 5.69 Å². The Morgan fingerprint density at radius 2 is 1.69 bits per heavy atom. The predicted octanol–water partition coefficient (Wildman–Crippen LogP) is 2.59. The lowest BCUT2D eigenvalue weighted by atomic mass is 10.2. The van der Waals surface area contributed by atoms with E-state index in [1.54, 1.807) is 23.0 Å². The molecule has 3 aromatic rings. The Balaban J connectivity index is 1.37. The Bertz CT molecular complexity index is 1070. The van der Waals surface area contributed by atoms with Gasteiger partial charge in [0, 0.05) is 37.6 Å². The molecule has 0 atom stereocenters. The van der Waals surface area contributed by atoms with Crippen LogP contribution in [0, 0.1) is 0 Å². The summed E-state index contributed by atoms with van der Waals surface area (Å²) in [4.78, 5) is 12.6. The highest BCUT2D eigenvalue weighted by molar-refractivity contribution is 7.89. The van der Waals surface area contributed by atoms with Gasteiger partial charge < -0.3 is 5.32 Å². The molecule has 29 heavy (non-hydrogen) atoms. The quantitative estimate of drug-likeness (QED) is 0.677. The van der Waals surface area contributed by atoms with Gasteiger partial charge in [-0.2, -0.15) is 9.40 Å². The van der Waals surface area contributed by atoms with Crippen molar-refractivity contribution in [3.63, 3.8) is 0 Å². The van der Waals surface area contributed by atoms with Crippen molar-refractivity contribution in [2.45, 2.75) is 24.3 Å². The molecule has 1 aromatic heterocycles. The summed E-state index contributed by atoms with van der Waals surface area (Å²) in [5.74, 6) is -0.244. The summed E-state index contributed by atoms with van der Waals surface area (Å²) in [5, 5.41) is 7.04. The molecule has 0 saturated carbocycles. The zero-order valence-corrected chi connectivity index (χ0v) is 16.7. The Morgan fingerprint density at radius 3 is 2.31 bits per heavy atom. The Kier molecular flexibility index (Phi) is 5.46. The summed E-state index contributed by atoms with van der Waals surface area (Å²) >= 11 is 0. The number of rotatable bonds is 6. The lowest BCUT2D eigenvalue weighted by Crippen LogP contribution is -2.28. The van der Waals surface area contributed by atoms with Crippen molar-refractivity contribution in [2.75, 3.05) is 13.1 Å². The maximum atomic E-state index is 12.6. The highest BCUT2D eigenvalue weighted by Crippen LogP contribution is 2.21. The third-order valence-corrected chi connectivity index (χ3v) is 6.89. The van der Waals surface area contributed by atoms with Crippen LogP contribution in [0.2, 0.25) is 0 Å². The Morgan fingerprint density at radius 1 is 1.00 bits per heavy atom. The monoisotopic (exact) mass is 410 g/mol. The van der Waals surface area contributed by atoms with Gasteiger partial charge in [-0.25, -0.2) is 13.1 Å². The van der Waals surface area contributed by atoms with Gasteiger partial charge >= 0.3 is 0 Å².